The number of aliphatic hydroxyl groups is 1. The van der Waals surface area contributed by atoms with E-state index in [-0.39, 0.29) is 25.7 Å². The van der Waals surface area contributed by atoms with Gasteiger partial charge < -0.3 is 33.8 Å². The molecule has 0 spiro atoms. The summed E-state index contributed by atoms with van der Waals surface area (Å²) in [6.07, 6.45) is 51.2. The van der Waals surface area contributed by atoms with Crippen LogP contribution in [0.25, 0.3) is 0 Å². The van der Waals surface area contributed by atoms with Crippen molar-refractivity contribution in [3.05, 3.63) is 0 Å². The Morgan fingerprint density at radius 2 is 0.500 bits per heavy atom. The lowest BCUT2D eigenvalue weighted by Gasteiger charge is -2.21. The van der Waals surface area contributed by atoms with Crippen LogP contribution in [0.1, 0.15) is 389 Å². The van der Waals surface area contributed by atoms with E-state index in [0.29, 0.717) is 31.6 Å². The topological polar surface area (TPSA) is 237 Å². The number of hydrogen-bond donors (Lipinski definition) is 3. The molecule has 0 rings (SSSR count). The third-order valence-electron chi connectivity index (χ3n) is 18.9. The van der Waals surface area contributed by atoms with Crippen molar-refractivity contribution in [2.24, 2.45) is 23.7 Å². The van der Waals surface area contributed by atoms with Crippen molar-refractivity contribution < 1.29 is 80.2 Å². The quantitative estimate of drug-likeness (QED) is 0.0222. The van der Waals surface area contributed by atoms with Gasteiger partial charge in [-0.2, -0.15) is 0 Å². The highest BCUT2D eigenvalue weighted by Crippen LogP contribution is 2.45. The number of unbranched alkanes of at least 4 members (excludes halogenated alkanes) is 37. The molecule has 0 fully saturated rings. The average molecular weight is 1410 g/mol. The van der Waals surface area contributed by atoms with E-state index in [0.717, 1.165) is 114 Å². The summed E-state index contributed by atoms with van der Waals surface area (Å²) in [5, 5.41) is 10.6. The maximum atomic E-state index is 13.1. The van der Waals surface area contributed by atoms with Gasteiger partial charge in [-0.25, -0.2) is 9.13 Å². The summed E-state index contributed by atoms with van der Waals surface area (Å²) in [4.78, 5) is 72.9. The first-order valence-corrected chi connectivity index (χ1v) is 42.8. The van der Waals surface area contributed by atoms with Gasteiger partial charge in [0.25, 0.3) is 0 Å². The lowest BCUT2D eigenvalue weighted by atomic mass is 9.99. The molecule has 0 radical (unpaired) electrons. The first kappa shape index (κ1) is 94.1. The molecule has 17 nitrogen and oxygen atoms in total. The zero-order valence-corrected chi connectivity index (χ0v) is 64.8. The monoisotopic (exact) mass is 1410 g/mol. The second kappa shape index (κ2) is 66.3. The molecule has 8 atom stereocenters. The van der Waals surface area contributed by atoms with Gasteiger partial charge in [0.2, 0.25) is 0 Å². The van der Waals surface area contributed by atoms with Crippen molar-refractivity contribution in [3.8, 4) is 0 Å². The maximum Gasteiger partial charge on any atom is 0.472 e. The second-order valence-corrected chi connectivity index (χ2v) is 31.9. The molecule has 0 aromatic heterocycles. The molecule has 0 saturated carbocycles. The summed E-state index contributed by atoms with van der Waals surface area (Å²) >= 11 is 0. The first-order valence-electron chi connectivity index (χ1n) is 39.8. The molecular weight excluding hydrogens is 1260 g/mol. The van der Waals surface area contributed by atoms with Crippen molar-refractivity contribution in [1.29, 1.82) is 0 Å². The van der Waals surface area contributed by atoms with E-state index in [1.165, 1.54) is 186 Å². The Bertz CT molecular complexity index is 1890. The number of rotatable bonds is 74. The summed E-state index contributed by atoms with van der Waals surface area (Å²) in [6, 6.07) is 0. The van der Waals surface area contributed by atoms with Gasteiger partial charge in [0, 0.05) is 25.7 Å². The zero-order valence-electron chi connectivity index (χ0n) is 63.0. The van der Waals surface area contributed by atoms with Crippen LogP contribution in [0.5, 0.6) is 0 Å². The summed E-state index contributed by atoms with van der Waals surface area (Å²) < 4.78 is 68.6. The minimum Gasteiger partial charge on any atom is -0.462 e. The van der Waals surface area contributed by atoms with E-state index in [1.807, 2.05) is 0 Å². The molecule has 570 valence electrons. The molecule has 0 heterocycles. The van der Waals surface area contributed by atoms with Gasteiger partial charge in [-0.1, -0.05) is 338 Å². The fraction of sp³-hybridized carbons (Fsp3) is 0.948. The number of esters is 4. The number of ether oxygens (including phenoxy) is 4. The fourth-order valence-corrected chi connectivity index (χ4v) is 13.2. The molecule has 0 bridgehead atoms. The summed E-state index contributed by atoms with van der Waals surface area (Å²) in [5.41, 5.74) is 0. The normalized spacial score (nSPS) is 15.0. The van der Waals surface area contributed by atoms with E-state index < -0.39 is 97.5 Å². The van der Waals surface area contributed by atoms with Crippen molar-refractivity contribution in [2.75, 3.05) is 39.6 Å². The lowest BCUT2D eigenvalue weighted by Crippen LogP contribution is -2.30. The molecule has 0 aromatic rings. The Morgan fingerprint density at radius 1 is 0.292 bits per heavy atom. The first-order chi connectivity index (χ1) is 46.2. The van der Waals surface area contributed by atoms with Gasteiger partial charge in [0.1, 0.15) is 19.3 Å². The van der Waals surface area contributed by atoms with Crippen molar-refractivity contribution in [1.82, 2.24) is 0 Å². The van der Waals surface area contributed by atoms with Crippen LogP contribution >= 0.6 is 15.6 Å². The van der Waals surface area contributed by atoms with E-state index >= 15 is 0 Å². The molecule has 96 heavy (non-hydrogen) atoms. The number of hydrogen-bond acceptors (Lipinski definition) is 15. The summed E-state index contributed by atoms with van der Waals surface area (Å²) in [7, 11) is -9.92. The van der Waals surface area contributed by atoms with Crippen LogP contribution in [0.2, 0.25) is 0 Å². The number of phosphoric ester groups is 2. The zero-order chi connectivity index (χ0) is 71.0. The smallest absolute Gasteiger partial charge is 0.462 e. The molecule has 0 saturated heterocycles. The molecule has 0 aliphatic carbocycles. The molecule has 19 heteroatoms. The van der Waals surface area contributed by atoms with Gasteiger partial charge in [-0.05, 0) is 49.4 Å². The Hall–Kier alpha value is -1.94. The van der Waals surface area contributed by atoms with Crippen molar-refractivity contribution >= 4 is 39.5 Å². The molecule has 0 aromatic carbocycles. The van der Waals surface area contributed by atoms with E-state index in [1.54, 1.807) is 0 Å². The van der Waals surface area contributed by atoms with Crippen molar-refractivity contribution in [2.45, 2.75) is 408 Å². The van der Waals surface area contributed by atoms with Crippen LogP contribution in [0.3, 0.4) is 0 Å². The van der Waals surface area contributed by atoms with E-state index in [2.05, 4.69) is 55.4 Å². The van der Waals surface area contributed by atoms with Crippen LogP contribution in [-0.4, -0.2) is 96.7 Å². The van der Waals surface area contributed by atoms with Crippen molar-refractivity contribution in [3.63, 3.8) is 0 Å². The molecule has 0 aliphatic rings. The maximum absolute atomic E-state index is 13.1. The van der Waals surface area contributed by atoms with Gasteiger partial charge in [-0.15, -0.1) is 0 Å². The van der Waals surface area contributed by atoms with Gasteiger partial charge in [0.05, 0.1) is 26.4 Å². The largest absolute Gasteiger partial charge is 0.472 e. The van der Waals surface area contributed by atoms with Gasteiger partial charge >= 0.3 is 39.5 Å². The standard InChI is InChI=1S/C77H150O17P2/c1-9-68(6)54-46-38-30-22-16-14-12-13-15-17-26-34-43-51-59-76(81)93-72(63-87-74(79)57-49-41-33-25-20-18-23-31-39-47-55-69(7)10-2)65-91-95(83,84)89-61-71(78)62-90-96(85,86)92-66-73(64-88-75(80)58-50-42-36-28-29-37-45-53-67(4)5)94-77(82)60-52-44-35-27-21-19-24-32-40-48-56-70(8)11-3/h67-73,78H,9-66H2,1-8H3,(H,83,84)(H,85,86)/t68?,69?,70?,71?,72-,73-/m1/s1. The Balaban J connectivity index is 5.26. The molecule has 3 N–H and O–H groups in total. The Morgan fingerprint density at radius 3 is 0.740 bits per heavy atom. The number of aliphatic hydroxyl groups excluding tert-OH is 1. The summed E-state index contributed by atoms with van der Waals surface area (Å²) in [6.45, 7) is 14.3. The highest BCUT2D eigenvalue weighted by molar-refractivity contribution is 7.47. The molecule has 6 unspecified atom stereocenters. The molecular formula is C77H150O17P2. The Kier molecular flexibility index (Phi) is 65.0. The van der Waals surface area contributed by atoms with Crippen LogP contribution in [-0.2, 0) is 65.4 Å². The lowest BCUT2D eigenvalue weighted by molar-refractivity contribution is -0.161. The predicted molar refractivity (Wildman–Crippen MR) is 391 cm³/mol. The SMILES string of the molecule is CCC(C)CCCCCCCCCCCCCCCCC(=O)O[C@H](COC(=O)CCCCCCCCCCCCC(C)CC)COP(=O)(O)OCC(O)COP(=O)(O)OC[C@@H](COC(=O)CCCCCCCCCC(C)C)OC(=O)CCCCCCCCCCCCC(C)CC. The van der Waals surface area contributed by atoms with E-state index in [4.69, 9.17) is 37.0 Å². The third-order valence-corrected chi connectivity index (χ3v) is 20.8. The van der Waals surface area contributed by atoms with Gasteiger partial charge in [-0.3, -0.25) is 37.3 Å². The second-order valence-electron chi connectivity index (χ2n) is 28.9. The number of phosphoric acid groups is 2. The highest BCUT2D eigenvalue weighted by Gasteiger charge is 2.30. The van der Waals surface area contributed by atoms with Crippen LogP contribution in [0, 0.1) is 23.7 Å². The number of carbonyl (C=O) groups excluding carboxylic acids is 4. The average Bonchev–Trinajstić information content (AvgIpc) is 1.86. The number of carbonyl (C=O) groups is 4. The van der Waals surface area contributed by atoms with Crippen LogP contribution < -0.4 is 0 Å². The highest BCUT2D eigenvalue weighted by atomic mass is 31.2. The molecule has 0 amide bonds. The fourth-order valence-electron chi connectivity index (χ4n) is 11.6. The van der Waals surface area contributed by atoms with Gasteiger partial charge in [0.15, 0.2) is 12.2 Å². The predicted octanol–water partition coefficient (Wildman–Crippen LogP) is 22.4. The van der Waals surface area contributed by atoms with Crippen LogP contribution in [0.15, 0.2) is 0 Å². The minimum absolute atomic E-state index is 0.105. The minimum atomic E-state index is -4.96. The molecule has 0 aliphatic heterocycles. The Labute approximate surface area is 588 Å². The van der Waals surface area contributed by atoms with E-state index in [9.17, 15) is 43.2 Å². The van der Waals surface area contributed by atoms with Crippen LogP contribution in [0.4, 0.5) is 0 Å². The summed E-state index contributed by atoms with van der Waals surface area (Å²) in [5.74, 6) is 1.04. The third kappa shape index (κ3) is 66.6.